The molecule has 2 aromatic rings. The molecule has 2 aromatic carbocycles. The highest BCUT2D eigenvalue weighted by Gasteiger charge is 2.50. The summed E-state index contributed by atoms with van der Waals surface area (Å²) in [5.74, 6) is -0.946. The van der Waals surface area contributed by atoms with E-state index < -0.39 is 51.2 Å². The zero-order valence-corrected chi connectivity index (χ0v) is 24.4. The third-order valence-corrected chi connectivity index (χ3v) is 7.37. The number of quaternary nitrogens is 1. The maximum Gasteiger partial charge on any atom is 0.293 e. The van der Waals surface area contributed by atoms with Crippen molar-refractivity contribution in [2.75, 3.05) is 6.26 Å². The van der Waals surface area contributed by atoms with Gasteiger partial charge in [-0.25, -0.2) is 21.6 Å². The number of hydrogen-bond donors (Lipinski definition) is 3. The Hall–Kier alpha value is -3.47. The molecule has 2 aliphatic rings. The van der Waals surface area contributed by atoms with Gasteiger partial charge < -0.3 is 20.9 Å². The SMILES string of the molecule is CC(C)(F)C[C@H]([NH2+][C@@H](c1ccc(-c2ccc(C3(C(N)=O)CC3)cc2)cc1)C(F)F)C(=O)NC1(C#N)CC1.CS(=O)(=O)[O-]. The lowest BCUT2D eigenvalue weighted by molar-refractivity contribution is -0.726. The van der Waals surface area contributed by atoms with Crippen LogP contribution in [0.15, 0.2) is 48.5 Å². The van der Waals surface area contributed by atoms with E-state index in [0.717, 1.165) is 29.5 Å². The number of carbonyl (C=O) groups excluding carboxylic acids is 2. The molecule has 13 heteroatoms. The van der Waals surface area contributed by atoms with Gasteiger partial charge in [0.15, 0.2) is 12.1 Å². The predicted octanol–water partition coefficient (Wildman–Crippen LogP) is 2.58. The minimum Gasteiger partial charge on any atom is -0.748 e. The van der Waals surface area contributed by atoms with E-state index in [4.69, 9.17) is 18.7 Å². The van der Waals surface area contributed by atoms with E-state index in [9.17, 15) is 28.0 Å². The molecule has 2 atom stereocenters. The second kappa shape index (κ2) is 12.4. The number of alkyl halides is 3. The summed E-state index contributed by atoms with van der Waals surface area (Å²) in [5, 5.41) is 13.1. The van der Waals surface area contributed by atoms with E-state index >= 15 is 0 Å². The van der Waals surface area contributed by atoms with Crippen LogP contribution < -0.4 is 16.4 Å². The van der Waals surface area contributed by atoms with Crippen LogP contribution in [-0.4, -0.2) is 54.7 Å². The number of nitriles is 1. The van der Waals surface area contributed by atoms with Gasteiger partial charge in [-0.1, -0.05) is 48.5 Å². The molecule has 0 radical (unpaired) electrons. The molecule has 2 aliphatic carbocycles. The summed E-state index contributed by atoms with van der Waals surface area (Å²) in [6, 6.07) is 13.6. The average Bonchev–Trinajstić information content (AvgIpc) is 3.81. The summed E-state index contributed by atoms with van der Waals surface area (Å²) < 4.78 is 70.0. The van der Waals surface area contributed by atoms with Crippen LogP contribution in [0, 0.1) is 11.3 Å². The Morgan fingerprint density at radius 3 is 1.90 bits per heavy atom. The van der Waals surface area contributed by atoms with Crippen molar-refractivity contribution in [1.82, 2.24) is 5.32 Å². The Kier molecular flexibility index (Phi) is 9.76. The summed E-state index contributed by atoms with van der Waals surface area (Å²) in [7, 11) is -3.92. The van der Waals surface area contributed by atoms with Crippen molar-refractivity contribution in [2.45, 2.75) is 81.1 Å². The lowest BCUT2D eigenvalue weighted by atomic mass is 9.92. The van der Waals surface area contributed by atoms with Gasteiger partial charge in [0.05, 0.1) is 21.6 Å². The first-order chi connectivity index (χ1) is 19.4. The highest BCUT2D eigenvalue weighted by molar-refractivity contribution is 7.84. The molecule has 4 rings (SSSR count). The van der Waals surface area contributed by atoms with Crippen molar-refractivity contribution >= 4 is 21.9 Å². The fourth-order valence-electron chi connectivity index (χ4n) is 4.76. The van der Waals surface area contributed by atoms with E-state index in [1.807, 2.05) is 30.3 Å². The Morgan fingerprint density at radius 1 is 1.07 bits per heavy atom. The van der Waals surface area contributed by atoms with Crippen LogP contribution in [0.25, 0.3) is 11.1 Å². The van der Waals surface area contributed by atoms with Gasteiger partial charge in [0, 0.05) is 18.2 Å². The van der Waals surface area contributed by atoms with Gasteiger partial charge in [0.1, 0.15) is 11.2 Å². The van der Waals surface area contributed by atoms with Gasteiger partial charge in [-0.05, 0) is 56.2 Å². The Labute approximate surface area is 243 Å². The van der Waals surface area contributed by atoms with Gasteiger partial charge in [0.2, 0.25) is 5.91 Å². The van der Waals surface area contributed by atoms with Crippen LogP contribution in [-0.2, 0) is 25.1 Å². The number of nitrogens with two attached hydrogens (primary N) is 2. The number of amides is 2. The van der Waals surface area contributed by atoms with Crippen LogP contribution in [0.1, 0.15) is 63.1 Å². The predicted molar refractivity (Wildman–Crippen MR) is 148 cm³/mol. The van der Waals surface area contributed by atoms with E-state index in [1.54, 1.807) is 24.3 Å². The Bertz CT molecular complexity index is 1420. The molecular formula is C29H35F3N4O5S. The fraction of sp³-hybridized carbons (Fsp3) is 0.483. The molecule has 0 aliphatic heterocycles. The molecule has 42 heavy (non-hydrogen) atoms. The second-order valence-corrected chi connectivity index (χ2v) is 13.0. The second-order valence-electron chi connectivity index (χ2n) is 11.6. The van der Waals surface area contributed by atoms with Crippen molar-refractivity contribution < 1.29 is 41.0 Å². The largest absolute Gasteiger partial charge is 0.748 e. The molecule has 0 saturated heterocycles. The van der Waals surface area contributed by atoms with Gasteiger partial charge in [-0.2, -0.15) is 5.26 Å². The van der Waals surface area contributed by atoms with Gasteiger partial charge in [0.25, 0.3) is 12.3 Å². The van der Waals surface area contributed by atoms with Crippen LogP contribution in [0.3, 0.4) is 0 Å². The van der Waals surface area contributed by atoms with Crippen molar-refractivity contribution in [3.05, 3.63) is 59.7 Å². The Balaban J connectivity index is 0.000000892. The summed E-state index contributed by atoms with van der Waals surface area (Å²) in [6.07, 6.45) is -0.0299. The first kappa shape index (κ1) is 33.0. The van der Waals surface area contributed by atoms with Gasteiger partial charge >= 0.3 is 0 Å². The van der Waals surface area contributed by atoms with Gasteiger partial charge in [-0.15, -0.1) is 0 Å². The molecule has 0 aromatic heterocycles. The molecule has 2 saturated carbocycles. The summed E-state index contributed by atoms with van der Waals surface area (Å²) in [6.45, 7) is 2.59. The monoisotopic (exact) mass is 608 g/mol. The molecule has 9 nitrogen and oxygen atoms in total. The summed E-state index contributed by atoms with van der Waals surface area (Å²) >= 11 is 0. The number of halogens is 3. The van der Waals surface area contributed by atoms with Crippen LogP contribution in [0.5, 0.6) is 0 Å². The molecule has 2 fully saturated rings. The topological polar surface area (TPSA) is 170 Å². The molecule has 5 N–H and O–H groups in total. The maximum absolute atomic E-state index is 14.5. The molecule has 0 heterocycles. The van der Waals surface area contributed by atoms with E-state index in [-0.39, 0.29) is 12.3 Å². The summed E-state index contributed by atoms with van der Waals surface area (Å²) in [5.41, 5.74) is 5.06. The molecule has 2 amide bonds. The smallest absolute Gasteiger partial charge is 0.293 e. The van der Waals surface area contributed by atoms with Crippen LogP contribution >= 0.6 is 0 Å². The lowest BCUT2D eigenvalue weighted by Crippen LogP contribution is -2.95. The Morgan fingerprint density at radius 2 is 1.55 bits per heavy atom. The standard InChI is InChI=1S/C28H31F3N4O2.CH4O3S/c1-26(2,31)15-21(24(36)35-27(16-32)11-12-27)34-22(23(29)30)19-5-3-17(4-6-19)18-7-9-20(10-8-18)28(13-14-28)25(33)37;1-5(2,3)4/h3-10,21-23,34H,11-15H2,1-2H3,(H2,33,37)(H,35,36);1H3,(H,2,3,4)/t21-,22-;/m0./s1. The van der Waals surface area contributed by atoms with E-state index in [1.165, 1.54) is 19.2 Å². The first-order valence-corrected chi connectivity index (χ1v) is 15.2. The third kappa shape index (κ3) is 9.01. The average molecular weight is 609 g/mol. The minimum atomic E-state index is -3.92. The zero-order chi connectivity index (χ0) is 31.5. The quantitative estimate of drug-likeness (QED) is 0.331. The van der Waals surface area contributed by atoms with Crippen LogP contribution in [0.2, 0.25) is 0 Å². The third-order valence-electron chi connectivity index (χ3n) is 7.37. The highest BCUT2D eigenvalue weighted by Crippen LogP contribution is 2.48. The van der Waals surface area contributed by atoms with E-state index in [2.05, 4.69) is 5.32 Å². The van der Waals surface area contributed by atoms with Crippen molar-refractivity contribution in [3.8, 4) is 17.2 Å². The van der Waals surface area contributed by atoms with Gasteiger partial charge in [-0.3, -0.25) is 9.59 Å². The fourth-order valence-corrected chi connectivity index (χ4v) is 4.76. The van der Waals surface area contributed by atoms with Crippen molar-refractivity contribution in [3.63, 3.8) is 0 Å². The maximum atomic E-state index is 14.5. The zero-order valence-electron chi connectivity index (χ0n) is 23.6. The van der Waals surface area contributed by atoms with Crippen molar-refractivity contribution in [1.29, 1.82) is 5.26 Å². The summed E-state index contributed by atoms with van der Waals surface area (Å²) in [4.78, 5) is 24.6. The number of hydrogen-bond acceptors (Lipinski definition) is 6. The van der Waals surface area contributed by atoms with E-state index in [0.29, 0.717) is 24.7 Å². The first-order valence-electron chi connectivity index (χ1n) is 13.4. The van der Waals surface area contributed by atoms with Crippen LogP contribution in [0.4, 0.5) is 13.2 Å². The molecular weight excluding hydrogens is 573 g/mol. The van der Waals surface area contributed by atoms with Crippen molar-refractivity contribution in [2.24, 2.45) is 5.73 Å². The number of primary amides is 1. The molecule has 0 spiro atoms. The number of rotatable bonds is 11. The minimum absolute atomic E-state index is 0.277. The number of carbonyl (C=O) groups is 2. The highest BCUT2D eigenvalue weighted by atomic mass is 32.2. The molecule has 0 bridgehead atoms. The number of nitrogens with one attached hydrogen (secondary N) is 1. The number of benzene rings is 2. The molecule has 0 unspecified atom stereocenters. The number of nitrogens with zero attached hydrogens (tertiary/aromatic N) is 1. The normalized spacial score (nSPS) is 18.1. The molecule has 228 valence electrons. The lowest BCUT2D eigenvalue weighted by Gasteiger charge is -2.26.